The summed E-state index contributed by atoms with van der Waals surface area (Å²) in [6.45, 7) is 4.42. The normalized spacial score (nSPS) is 10.9. The van der Waals surface area contributed by atoms with Gasteiger partial charge in [0.1, 0.15) is 5.00 Å². The predicted molar refractivity (Wildman–Crippen MR) is 132 cm³/mol. The lowest BCUT2D eigenvalue weighted by Crippen LogP contribution is -2.37. The van der Waals surface area contributed by atoms with Crippen LogP contribution in [0.25, 0.3) is 10.4 Å². The number of carboxylic acid groups (broad SMARTS) is 2. The molecule has 0 aliphatic rings. The second kappa shape index (κ2) is 13.6. The van der Waals surface area contributed by atoms with E-state index in [9.17, 15) is 9.59 Å². The Labute approximate surface area is 206 Å². The average molecular weight is 499 g/mol. The van der Waals surface area contributed by atoms with Crippen LogP contribution in [0.1, 0.15) is 29.8 Å². The lowest BCUT2D eigenvalue weighted by Gasteiger charge is -2.14. The van der Waals surface area contributed by atoms with E-state index in [1.165, 1.54) is 11.3 Å². The molecule has 1 aromatic heterocycles. The van der Waals surface area contributed by atoms with Gasteiger partial charge in [-0.15, -0.1) is 11.3 Å². The lowest BCUT2D eigenvalue weighted by molar-refractivity contribution is -0.159. The molecule has 0 fully saturated rings. The predicted octanol–water partition coefficient (Wildman–Crippen LogP) is 3.86. The maximum absolute atomic E-state index is 12.7. The van der Waals surface area contributed by atoms with Crippen LogP contribution in [0.5, 0.6) is 0 Å². The molecule has 9 nitrogen and oxygen atoms in total. The number of aliphatic carboxylic acids is 2. The molecule has 1 unspecified atom stereocenters. The summed E-state index contributed by atoms with van der Waals surface area (Å²) < 4.78 is 5.17. The van der Waals surface area contributed by atoms with Crippen LogP contribution in [-0.2, 0) is 25.7 Å². The van der Waals surface area contributed by atoms with Crippen molar-refractivity contribution in [3.8, 4) is 10.4 Å². The lowest BCUT2D eigenvalue weighted by atomic mass is 10.1. The Morgan fingerprint density at radius 3 is 2.06 bits per heavy atom. The topological polar surface area (TPSA) is 142 Å². The maximum atomic E-state index is 12.7. The Bertz CT molecular complexity index is 1140. The average Bonchev–Trinajstić information content (AvgIpc) is 3.28. The van der Waals surface area contributed by atoms with Crippen molar-refractivity contribution in [2.75, 3.05) is 11.9 Å². The summed E-state index contributed by atoms with van der Waals surface area (Å²) in [5, 5.41) is 21.4. The van der Waals surface area contributed by atoms with Gasteiger partial charge in [-0.2, -0.15) is 0 Å². The van der Waals surface area contributed by atoms with E-state index in [0.29, 0.717) is 17.1 Å². The number of ether oxygens (including phenoxy) is 1. The number of esters is 1. The van der Waals surface area contributed by atoms with Gasteiger partial charge in [0.05, 0.1) is 18.2 Å². The minimum absolute atomic E-state index is 0.201. The van der Waals surface area contributed by atoms with Gasteiger partial charge in [0.2, 0.25) is 5.91 Å². The van der Waals surface area contributed by atoms with Crippen LogP contribution in [0.4, 0.5) is 5.00 Å². The van der Waals surface area contributed by atoms with Crippen LogP contribution < -0.4 is 10.6 Å². The third-order valence-corrected chi connectivity index (χ3v) is 5.65. The monoisotopic (exact) mass is 498 g/mol. The van der Waals surface area contributed by atoms with Crippen molar-refractivity contribution >= 4 is 40.2 Å². The van der Waals surface area contributed by atoms with E-state index in [1.807, 2.05) is 60.7 Å². The van der Waals surface area contributed by atoms with Crippen LogP contribution in [0, 0.1) is 0 Å². The highest BCUT2D eigenvalue weighted by molar-refractivity contribution is 7.20. The second-order valence-corrected chi connectivity index (χ2v) is 8.18. The Morgan fingerprint density at radius 1 is 0.943 bits per heavy atom. The standard InChI is InChI=1S/C23H24N2O3S.C2H2O4/c1-3-28-23(27)19-14-20(18-12-8-5-9-13-18)29-22(19)25-21(26)16(2)24-15-17-10-6-4-7-11-17;3-1(4)2(5)6/h4-14,16,24H,3,15H2,1-2H3,(H,25,26);(H,3,4)(H,5,6). The molecule has 0 radical (unpaired) electrons. The van der Waals surface area contributed by atoms with Crippen LogP contribution >= 0.6 is 11.3 Å². The maximum Gasteiger partial charge on any atom is 0.414 e. The highest BCUT2D eigenvalue weighted by atomic mass is 32.1. The number of rotatable bonds is 8. The SMILES string of the molecule is CCOC(=O)c1cc(-c2ccccc2)sc1NC(=O)C(C)NCc1ccccc1.O=C(O)C(=O)O. The van der Waals surface area contributed by atoms with E-state index in [4.69, 9.17) is 24.5 Å². The zero-order chi connectivity index (χ0) is 25.8. The summed E-state index contributed by atoms with van der Waals surface area (Å²) >= 11 is 1.37. The van der Waals surface area contributed by atoms with Gasteiger partial charge in [0.15, 0.2) is 0 Å². The molecule has 1 heterocycles. The molecule has 3 rings (SSSR count). The first kappa shape index (κ1) is 27.2. The number of benzene rings is 2. The van der Waals surface area contributed by atoms with Crippen molar-refractivity contribution in [2.24, 2.45) is 0 Å². The zero-order valence-corrected chi connectivity index (χ0v) is 20.0. The largest absolute Gasteiger partial charge is 0.473 e. The Hall–Kier alpha value is -4.02. The van der Waals surface area contributed by atoms with E-state index in [-0.39, 0.29) is 12.5 Å². The Morgan fingerprint density at radius 2 is 1.51 bits per heavy atom. The van der Waals surface area contributed by atoms with Gasteiger partial charge < -0.3 is 25.6 Å². The molecule has 184 valence electrons. The summed E-state index contributed by atoms with van der Waals surface area (Å²) in [5.74, 6) is -4.29. The molecule has 0 saturated heterocycles. The van der Waals surface area contributed by atoms with Crippen LogP contribution in [0.15, 0.2) is 66.7 Å². The van der Waals surface area contributed by atoms with Gasteiger partial charge in [-0.25, -0.2) is 14.4 Å². The van der Waals surface area contributed by atoms with Crippen molar-refractivity contribution in [1.29, 1.82) is 0 Å². The van der Waals surface area contributed by atoms with Gasteiger partial charge in [-0.1, -0.05) is 60.7 Å². The number of nitrogens with one attached hydrogen (secondary N) is 2. The minimum atomic E-state index is -1.82. The number of carbonyl (C=O) groups is 4. The van der Waals surface area contributed by atoms with Crippen LogP contribution in [0.3, 0.4) is 0 Å². The van der Waals surface area contributed by atoms with E-state index in [0.717, 1.165) is 16.0 Å². The highest BCUT2D eigenvalue weighted by Gasteiger charge is 2.21. The molecule has 4 N–H and O–H groups in total. The number of amides is 1. The van der Waals surface area contributed by atoms with Gasteiger partial charge in [0, 0.05) is 11.4 Å². The summed E-state index contributed by atoms with van der Waals surface area (Å²) in [5.41, 5.74) is 2.46. The molecule has 1 atom stereocenters. The Kier molecular flexibility index (Phi) is 10.6. The Balaban J connectivity index is 0.000000641. The summed E-state index contributed by atoms with van der Waals surface area (Å²) in [6, 6.07) is 21.0. The number of hydrogen-bond acceptors (Lipinski definition) is 7. The first-order valence-corrected chi connectivity index (χ1v) is 11.4. The van der Waals surface area contributed by atoms with Crippen molar-refractivity contribution in [3.63, 3.8) is 0 Å². The summed E-state index contributed by atoms with van der Waals surface area (Å²) in [4.78, 5) is 44.2. The van der Waals surface area contributed by atoms with Gasteiger partial charge in [0.25, 0.3) is 0 Å². The van der Waals surface area contributed by atoms with E-state index in [1.54, 1.807) is 19.9 Å². The molecule has 0 bridgehead atoms. The minimum Gasteiger partial charge on any atom is -0.473 e. The number of hydrogen-bond donors (Lipinski definition) is 4. The molecule has 0 aliphatic heterocycles. The van der Waals surface area contributed by atoms with Crippen molar-refractivity contribution < 1.29 is 34.1 Å². The molecule has 0 aliphatic carbocycles. The molecule has 0 spiro atoms. The zero-order valence-electron chi connectivity index (χ0n) is 19.2. The number of thiophene rings is 1. The fraction of sp³-hybridized carbons (Fsp3) is 0.200. The first-order valence-electron chi connectivity index (χ1n) is 10.6. The van der Waals surface area contributed by atoms with Crippen LogP contribution in [-0.4, -0.2) is 46.7 Å². The third-order valence-electron chi connectivity index (χ3n) is 4.55. The molecular weight excluding hydrogens is 472 g/mol. The van der Waals surface area contributed by atoms with Crippen molar-refractivity contribution in [1.82, 2.24) is 5.32 Å². The molecule has 10 heteroatoms. The molecule has 0 saturated carbocycles. The molecular formula is C25H26N2O7S. The van der Waals surface area contributed by atoms with Gasteiger partial charge >= 0.3 is 17.9 Å². The fourth-order valence-electron chi connectivity index (χ4n) is 2.77. The molecule has 1 amide bonds. The van der Waals surface area contributed by atoms with E-state index >= 15 is 0 Å². The molecule has 2 aromatic carbocycles. The number of carbonyl (C=O) groups excluding carboxylic acids is 2. The van der Waals surface area contributed by atoms with E-state index < -0.39 is 23.9 Å². The molecule has 3 aromatic rings. The van der Waals surface area contributed by atoms with Gasteiger partial charge in [-0.3, -0.25) is 4.79 Å². The number of carboxylic acids is 2. The summed E-state index contributed by atoms with van der Waals surface area (Å²) in [6.07, 6.45) is 0. The third kappa shape index (κ3) is 8.69. The number of anilines is 1. The highest BCUT2D eigenvalue weighted by Crippen LogP contribution is 2.36. The van der Waals surface area contributed by atoms with Crippen molar-refractivity contribution in [2.45, 2.75) is 26.4 Å². The van der Waals surface area contributed by atoms with Crippen molar-refractivity contribution in [3.05, 3.63) is 77.9 Å². The van der Waals surface area contributed by atoms with Crippen LogP contribution in [0.2, 0.25) is 0 Å². The fourth-order valence-corrected chi connectivity index (χ4v) is 3.82. The van der Waals surface area contributed by atoms with Gasteiger partial charge in [-0.05, 0) is 31.0 Å². The quantitative estimate of drug-likeness (QED) is 0.271. The second-order valence-electron chi connectivity index (χ2n) is 7.13. The smallest absolute Gasteiger partial charge is 0.414 e. The first-order chi connectivity index (χ1) is 16.7. The summed E-state index contributed by atoms with van der Waals surface area (Å²) in [7, 11) is 0. The molecule has 35 heavy (non-hydrogen) atoms. The van der Waals surface area contributed by atoms with E-state index in [2.05, 4.69) is 10.6 Å².